The molecule has 6 heteroatoms. The molecule has 2 rings (SSSR count). The Hall–Kier alpha value is -0.320. The van der Waals surface area contributed by atoms with Gasteiger partial charge in [-0.3, -0.25) is 4.40 Å². The van der Waals surface area contributed by atoms with Gasteiger partial charge in [-0.1, -0.05) is 23.2 Å². The molecule has 2 heterocycles. The van der Waals surface area contributed by atoms with E-state index in [-0.39, 0.29) is 16.1 Å². The van der Waals surface area contributed by atoms with E-state index in [9.17, 15) is 0 Å². The maximum absolute atomic E-state index is 7.34. The average molecular weight is 284 g/mol. The highest BCUT2D eigenvalue weighted by molar-refractivity contribution is 9.10. The molecule has 0 aliphatic rings. The summed E-state index contributed by atoms with van der Waals surface area (Å²) in [6, 6.07) is 0. The van der Waals surface area contributed by atoms with Crippen LogP contribution in [0, 0.1) is 6.85 Å². The molecule has 0 aromatic carbocycles. The van der Waals surface area contributed by atoms with Gasteiger partial charge in [-0.2, -0.15) is 0 Å². The molecule has 3 nitrogen and oxygen atoms in total. The Bertz CT molecular complexity index is 566. The fourth-order valence-corrected chi connectivity index (χ4v) is 2.09. The van der Waals surface area contributed by atoms with E-state index in [1.165, 1.54) is 10.6 Å². The van der Waals surface area contributed by atoms with E-state index in [1.807, 2.05) is 0 Å². The van der Waals surface area contributed by atoms with Crippen LogP contribution in [0.5, 0.6) is 0 Å². The van der Waals surface area contributed by atoms with Crippen LogP contribution in [0.4, 0.5) is 0 Å². The molecule has 2 aromatic heterocycles. The van der Waals surface area contributed by atoms with E-state index < -0.39 is 6.85 Å². The Morgan fingerprint density at radius 1 is 1.62 bits per heavy atom. The maximum Gasteiger partial charge on any atom is 0.155 e. The Morgan fingerprint density at radius 2 is 2.38 bits per heavy atom. The molecule has 0 aliphatic carbocycles. The van der Waals surface area contributed by atoms with Crippen molar-refractivity contribution in [2.24, 2.45) is 0 Å². The molecule has 0 aliphatic heterocycles. The van der Waals surface area contributed by atoms with Crippen LogP contribution in [-0.2, 0) is 0 Å². The van der Waals surface area contributed by atoms with Crippen LogP contribution in [0.2, 0.25) is 10.3 Å². The van der Waals surface area contributed by atoms with Gasteiger partial charge in [0, 0.05) is 4.11 Å². The van der Waals surface area contributed by atoms with Crippen molar-refractivity contribution in [2.75, 3.05) is 0 Å². The quantitative estimate of drug-likeness (QED) is 0.744. The number of imidazole rings is 1. The second-order valence-corrected chi connectivity index (χ2v) is 3.78. The fourth-order valence-electron chi connectivity index (χ4n) is 1.01. The van der Waals surface area contributed by atoms with Gasteiger partial charge in [0.2, 0.25) is 0 Å². The SMILES string of the molecule is [2H]C([2H])([2H])c1nc(Br)c2c(Cl)ncc(Cl)n12. The molecule has 0 spiro atoms. The zero-order valence-corrected chi connectivity index (χ0v) is 9.15. The number of rotatable bonds is 0. The van der Waals surface area contributed by atoms with Gasteiger partial charge in [0.05, 0.1) is 6.20 Å². The number of aryl methyl sites for hydroxylation is 1. The summed E-state index contributed by atoms with van der Waals surface area (Å²) >= 11 is 14.9. The van der Waals surface area contributed by atoms with Crippen LogP contribution in [-0.4, -0.2) is 14.4 Å². The van der Waals surface area contributed by atoms with E-state index in [0.29, 0.717) is 10.1 Å². The van der Waals surface area contributed by atoms with Crippen molar-refractivity contribution >= 4 is 44.6 Å². The van der Waals surface area contributed by atoms with Gasteiger partial charge in [0.25, 0.3) is 0 Å². The van der Waals surface area contributed by atoms with E-state index in [1.54, 1.807) is 0 Å². The molecule has 0 bridgehead atoms. The van der Waals surface area contributed by atoms with Gasteiger partial charge in [0.15, 0.2) is 5.15 Å². The summed E-state index contributed by atoms with van der Waals surface area (Å²) in [6.07, 6.45) is 1.28. The highest BCUT2D eigenvalue weighted by Gasteiger charge is 2.12. The van der Waals surface area contributed by atoms with Crippen LogP contribution in [0.1, 0.15) is 9.94 Å². The maximum atomic E-state index is 7.34. The Labute approximate surface area is 97.0 Å². The smallest absolute Gasteiger partial charge is 0.155 e. The number of fused-ring (bicyclic) bond motifs is 1. The number of hydrogen-bond donors (Lipinski definition) is 0. The second-order valence-electron chi connectivity index (χ2n) is 2.28. The number of aromatic nitrogens is 3. The van der Waals surface area contributed by atoms with Crippen molar-refractivity contribution in [1.82, 2.24) is 14.4 Å². The highest BCUT2D eigenvalue weighted by Crippen LogP contribution is 2.27. The van der Waals surface area contributed by atoms with Gasteiger partial charge in [-0.05, 0) is 22.8 Å². The minimum atomic E-state index is -2.37. The van der Waals surface area contributed by atoms with Crippen molar-refractivity contribution in [2.45, 2.75) is 6.85 Å². The Kier molecular flexibility index (Phi) is 1.49. The first-order valence-electron chi connectivity index (χ1n) is 4.71. The summed E-state index contributed by atoms with van der Waals surface area (Å²) in [5.41, 5.74) is 0.347. The minimum absolute atomic E-state index is 0.138. The molecule has 0 amide bonds. The summed E-state index contributed by atoms with van der Waals surface area (Å²) < 4.78 is 23.6. The zero-order chi connectivity index (χ0) is 12.1. The third-order valence-corrected chi connectivity index (χ3v) is 2.62. The third-order valence-electron chi connectivity index (χ3n) is 1.53. The summed E-state index contributed by atoms with van der Waals surface area (Å²) in [6.45, 7) is -2.37. The molecular formula is C7H4BrCl2N3. The van der Waals surface area contributed by atoms with Crippen molar-refractivity contribution in [1.29, 1.82) is 0 Å². The Balaban J connectivity index is 2.94. The summed E-state index contributed by atoms with van der Waals surface area (Å²) in [5, 5.41) is 0.281. The van der Waals surface area contributed by atoms with Gasteiger partial charge in [-0.15, -0.1) is 0 Å². The van der Waals surface area contributed by atoms with Crippen molar-refractivity contribution < 1.29 is 4.11 Å². The average Bonchev–Trinajstić information content (AvgIpc) is 2.51. The molecule has 0 unspecified atom stereocenters. The molecule has 0 N–H and O–H groups in total. The van der Waals surface area contributed by atoms with Crippen LogP contribution >= 0.6 is 39.1 Å². The number of hydrogen-bond acceptors (Lipinski definition) is 2. The molecule has 0 fully saturated rings. The predicted octanol–water partition coefficient (Wildman–Crippen LogP) is 3.11. The monoisotopic (exact) mass is 282 g/mol. The number of halogens is 3. The van der Waals surface area contributed by atoms with Gasteiger partial charge in [-0.25, -0.2) is 9.97 Å². The van der Waals surface area contributed by atoms with Crippen molar-refractivity contribution in [3.8, 4) is 0 Å². The first-order valence-corrected chi connectivity index (χ1v) is 4.75. The van der Waals surface area contributed by atoms with Gasteiger partial charge >= 0.3 is 0 Å². The number of nitrogens with zero attached hydrogens (tertiary/aromatic N) is 3. The van der Waals surface area contributed by atoms with Crippen LogP contribution in [0.25, 0.3) is 5.52 Å². The lowest BCUT2D eigenvalue weighted by atomic mass is 10.6. The lowest BCUT2D eigenvalue weighted by molar-refractivity contribution is 1.03. The van der Waals surface area contributed by atoms with Crippen LogP contribution in [0.15, 0.2) is 10.8 Å². The van der Waals surface area contributed by atoms with Crippen LogP contribution in [0.3, 0.4) is 0 Å². The molecule has 0 saturated carbocycles. The highest BCUT2D eigenvalue weighted by atomic mass is 79.9. The second kappa shape index (κ2) is 3.12. The molecule has 0 atom stereocenters. The minimum Gasteiger partial charge on any atom is -0.282 e. The first kappa shape index (κ1) is 6.22. The first-order chi connectivity index (χ1) is 7.32. The molecule has 2 aromatic rings. The summed E-state index contributed by atoms with van der Waals surface area (Å²) in [4.78, 5) is 7.71. The Morgan fingerprint density at radius 3 is 3.08 bits per heavy atom. The topological polar surface area (TPSA) is 30.2 Å². The molecule has 13 heavy (non-hydrogen) atoms. The van der Waals surface area contributed by atoms with E-state index in [2.05, 4.69) is 25.9 Å². The lowest BCUT2D eigenvalue weighted by Crippen LogP contribution is -1.92. The molecule has 0 saturated heterocycles. The van der Waals surface area contributed by atoms with Gasteiger partial charge < -0.3 is 0 Å². The van der Waals surface area contributed by atoms with E-state index >= 15 is 0 Å². The van der Waals surface area contributed by atoms with Gasteiger partial charge in [0.1, 0.15) is 21.1 Å². The summed E-state index contributed by atoms with van der Waals surface area (Å²) in [5.74, 6) is -0.149. The standard InChI is InChI=1S/C7H4BrCl2N3/c1-3-12-6(8)5-7(10)11-2-4(9)13(3)5/h2H,1H3/i1D3. The largest absolute Gasteiger partial charge is 0.282 e. The summed E-state index contributed by atoms with van der Waals surface area (Å²) in [7, 11) is 0. The van der Waals surface area contributed by atoms with E-state index in [0.717, 1.165) is 0 Å². The van der Waals surface area contributed by atoms with E-state index in [4.69, 9.17) is 27.3 Å². The third kappa shape index (κ3) is 1.33. The van der Waals surface area contributed by atoms with Crippen molar-refractivity contribution in [3.63, 3.8) is 0 Å². The lowest BCUT2D eigenvalue weighted by Gasteiger charge is -2.00. The molecular weight excluding hydrogens is 277 g/mol. The molecule has 68 valence electrons. The normalized spacial score (nSPS) is 15.5. The predicted molar refractivity (Wildman–Crippen MR) is 55.4 cm³/mol. The fraction of sp³-hybridized carbons (Fsp3) is 0.143. The van der Waals surface area contributed by atoms with Crippen LogP contribution < -0.4 is 0 Å². The zero-order valence-electron chi connectivity index (χ0n) is 9.05. The molecule has 0 radical (unpaired) electrons. The van der Waals surface area contributed by atoms with Crippen molar-refractivity contribution in [3.05, 3.63) is 26.9 Å².